The number of nitrogens with one attached hydrogen (secondary N) is 1. The van der Waals surface area contributed by atoms with Gasteiger partial charge in [0.05, 0.1) is 10.7 Å². The number of rotatable bonds is 8. The highest BCUT2D eigenvalue weighted by molar-refractivity contribution is 9.10. The second kappa shape index (κ2) is 11.1. The third-order valence-electron chi connectivity index (χ3n) is 5.37. The lowest BCUT2D eigenvalue weighted by Gasteiger charge is -2.11. The molecule has 0 radical (unpaired) electrons. The average molecular weight is 571 g/mol. The minimum absolute atomic E-state index is 0.536. The van der Waals surface area contributed by atoms with Crippen LogP contribution in [0.15, 0.2) is 77.4 Å². The fraction of sp³-hybridized carbons (Fsp3) is 0.111. The highest BCUT2D eigenvalue weighted by atomic mass is 79.9. The molecule has 3 aromatic carbocycles. The largest absolute Gasteiger partial charge is 0.480 e. The Morgan fingerprint density at radius 3 is 2.46 bits per heavy atom. The molecular weight excluding hydrogens is 549 g/mol. The lowest BCUT2D eigenvalue weighted by molar-refractivity contribution is -0.137. The summed E-state index contributed by atoms with van der Waals surface area (Å²) in [5, 5.41) is 13.2. The fourth-order valence-electron chi connectivity index (χ4n) is 3.48. The first kappa shape index (κ1) is 25.0. The van der Waals surface area contributed by atoms with Crippen LogP contribution in [0.5, 0.6) is 0 Å². The molecule has 35 heavy (non-hydrogen) atoms. The number of carboxylic acids is 1. The molecule has 0 aliphatic carbocycles. The molecule has 0 saturated carbocycles. The van der Waals surface area contributed by atoms with Crippen molar-refractivity contribution in [3.05, 3.63) is 104 Å². The maximum absolute atomic E-state index is 11.1. The molecule has 4 rings (SSSR count). The zero-order chi connectivity index (χ0) is 24.9. The number of anilines is 1. The Kier molecular flexibility index (Phi) is 7.96. The van der Waals surface area contributed by atoms with Gasteiger partial charge in [-0.25, -0.2) is 4.98 Å². The van der Waals surface area contributed by atoms with Crippen LogP contribution in [0.4, 0.5) is 5.69 Å². The topological polar surface area (TPSA) is 67.2 Å². The average Bonchev–Trinajstić information content (AvgIpc) is 3.22. The summed E-state index contributed by atoms with van der Waals surface area (Å²) in [4.78, 5) is 15.9. The van der Waals surface area contributed by atoms with Gasteiger partial charge in [-0.3, -0.25) is 4.79 Å². The Morgan fingerprint density at radius 1 is 1.09 bits per heavy atom. The standard InChI is InChI=1S/C27H22BrCl2N3O2/c1-17(27(34)35)31-22-10-4-19(5-11-22)15-33-16-25(23-12-9-21(29)14-24(23)30)32-26(33)13-6-18-2-7-20(28)8-3-18/h2-14,16-17,31H,15H2,1H3,(H,34,35). The van der Waals surface area contributed by atoms with E-state index in [2.05, 4.69) is 25.8 Å². The predicted octanol–water partition coefficient (Wildman–Crippen LogP) is 7.72. The molecule has 0 fully saturated rings. The van der Waals surface area contributed by atoms with Crippen molar-refractivity contribution in [1.29, 1.82) is 0 Å². The lowest BCUT2D eigenvalue weighted by Crippen LogP contribution is -2.25. The quantitative estimate of drug-likeness (QED) is 0.227. The Morgan fingerprint density at radius 2 is 1.80 bits per heavy atom. The van der Waals surface area contributed by atoms with Crippen molar-refractivity contribution in [1.82, 2.24) is 9.55 Å². The van der Waals surface area contributed by atoms with Crippen molar-refractivity contribution >= 4 is 62.9 Å². The molecule has 0 saturated heterocycles. The van der Waals surface area contributed by atoms with E-state index < -0.39 is 12.0 Å². The van der Waals surface area contributed by atoms with E-state index in [9.17, 15) is 4.79 Å². The van der Waals surface area contributed by atoms with Crippen LogP contribution in [-0.4, -0.2) is 26.7 Å². The molecule has 8 heteroatoms. The summed E-state index contributed by atoms with van der Waals surface area (Å²) in [6, 6.07) is 20.4. The minimum atomic E-state index is -0.900. The Bertz CT molecular complexity index is 1370. The summed E-state index contributed by atoms with van der Waals surface area (Å²) in [5.74, 6) is -0.126. The van der Waals surface area contributed by atoms with Gasteiger partial charge in [-0.05, 0) is 66.6 Å². The molecular formula is C27H22BrCl2N3O2. The molecule has 4 aromatic rings. The highest BCUT2D eigenvalue weighted by Gasteiger charge is 2.13. The lowest BCUT2D eigenvalue weighted by atomic mass is 10.1. The van der Waals surface area contributed by atoms with E-state index in [4.69, 9.17) is 33.3 Å². The maximum atomic E-state index is 11.1. The van der Waals surface area contributed by atoms with Crippen molar-refractivity contribution in [3.8, 4) is 11.3 Å². The summed E-state index contributed by atoms with van der Waals surface area (Å²) < 4.78 is 3.07. The number of benzene rings is 3. The van der Waals surface area contributed by atoms with Crippen molar-refractivity contribution in [2.75, 3.05) is 5.32 Å². The Hall–Kier alpha value is -3.06. The van der Waals surface area contributed by atoms with Crippen LogP contribution in [0.3, 0.4) is 0 Å². The van der Waals surface area contributed by atoms with E-state index in [0.717, 1.165) is 38.4 Å². The number of imidazole rings is 1. The van der Waals surface area contributed by atoms with Crippen LogP contribution in [0, 0.1) is 0 Å². The van der Waals surface area contributed by atoms with Crippen LogP contribution >= 0.6 is 39.1 Å². The van der Waals surface area contributed by atoms with Crippen molar-refractivity contribution in [2.45, 2.75) is 19.5 Å². The highest BCUT2D eigenvalue weighted by Crippen LogP contribution is 2.30. The molecule has 1 aromatic heterocycles. The van der Waals surface area contributed by atoms with Gasteiger partial charge in [0.1, 0.15) is 11.9 Å². The summed E-state index contributed by atoms with van der Waals surface area (Å²) >= 11 is 16.0. The molecule has 5 nitrogen and oxygen atoms in total. The molecule has 0 bridgehead atoms. The Balaban J connectivity index is 1.64. The summed E-state index contributed by atoms with van der Waals surface area (Å²) in [6.45, 7) is 2.18. The monoisotopic (exact) mass is 569 g/mol. The van der Waals surface area contributed by atoms with Gasteiger partial charge in [0.15, 0.2) is 0 Å². The van der Waals surface area contributed by atoms with Gasteiger partial charge in [0.2, 0.25) is 0 Å². The number of halogens is 3. The van der Waals surface area contributed by atoms with Gasteiger partial charge < -0.3 is 15.0 Å². The molecule has 178 valence electrons. The summed E-state index contributed by atoms with van der Waals surface area (Å²) in [6.07, 6.45) is 5.95. The van der Waals surface area contributed by atoms with E-state index >= 15 is 0 Å². The van der Waals surface area contributed by atoms with Gasteiger partial charge in [-0.15, -0.1) is 0 Å². The van der Waals surface area contributed by atoms with Gasteiger partial charge in [-0.2, -0.15) is 0 Å². The first-order chi connectivity index (χ1) is 16.8. The van der Waals surface area contributed by atoms with E-state index in [0.29, 0.717) is 16.6 Å². The first-order valence-corrected chi connectivity index (χ1v) is 12.4. The van der Waals surface area contributed by atoms with E-state index in [1.807, 2.05) is 72.9 Å². The number of aromatic nitrogens is 2. The van der Waals surface area contributed by atoms with Gasteiger partial charge in [-0.1, -0.05) is 69.5 Å². The number of carbonyl (C=O) groups is 1. The molecule has 0 spiro atoms. The molecule has 0 aliphatic rings. The fourth-order valence-corrected chi connectivity index (χ4v) is 4.25. The smallest absolute Gasteiger partial charge is 0.325 e. The molecule has 1 unspecified atom stereocenters. The van der Waals surface area contributed by atoms with Crippen LogP contribution < -0.4 is 5.32 Å². The van der Waals surface area contributed by atoms with Crippen molar-refractivity contribution in [3.63, 3.8) is 0 Å². The van der Waals surface area contributed by atoms with Gasteiger partial charge in [0, 0.05) is 33.5 Å². The number of carboxylic acid groups (broad SMARTS) is 1. The first-order valence-electron chi connectivity index (χ1n) is 10.8. The van der Waals surface area contributed by atoms with Crippen molar-refractivity contribution in [2.24, 2.45) is 0 Å². The van der Waals surface area contributed by atoms with Crippen LogP contribution in [-0.2, 0) is 11.3 Å². The van der Waals surface area contributed by atoms with Crippen LogP contribution in [0.25, 0.3) is 23.4 Å². The minimum Gasteiger partial charge on any atom is -0.480 e. The van der Waals surface area contributed by atoms with E-state index in [1.165, 1.54) is 0 Å². The Labute approximate surface area is 222 Å². The second-order valence-corrected chi connectivity index (χ2v) is 9.78. The summed E-state index contributed by atoms with van der Waals surface area (Å²) in [7, 11) is 0. The maximum Gasteiger partial charge on any atom is 0.325 e. The van der Waals surface area contributed by atoms with Crippen LogP contribution in [0.1, 0.15) is 23.9 Å². The van der Waals surface area contributed by atoms with E-state index in [-0.39, 0.29) is 0 Å². The molecule has 0 aliphatic heterocycles. The molecule has 1 atom stereocenters. The SMILES string of the molecule is CC(Nc1ccc(Cn2cc(-c3ccc(Cl)cc3Cl)nc2C=Cc2ccc(Br)cc2)cc1)C(=O)O. The third-order valence-corrected chi connectivity index (χ3v) is 6.45. The second-order valence-electron chi connectivity index (χ2n) is 8.02. The van der Waals surface area contributed by atoms with E-state index in [1.54, 1.807) is 19.1 Å². The van der Waals surface area contributed by atoms with Gasteiger partial charge in [0.25, 0.3) is 0 Å². The summed E-state index contributed by atoms with van der Waals surface area (Å²) in [5.41, 5.74) is 4.39. The zero-order valence-electron chi connectivity index (χ0n) is 18.8. The van der Waals surface area contributed by atoms with Crippen LogP contribution in [0.2, 0.25) is 10.0 Å². The predicted molar refractivity (Wildman–Crippen MR) is 147 cm³/mol. The normalized spacial score (nSPS) is 12.1. The number of nitrogens with zero attached hydrogens (tertiary/aromatic N) is 2. The number of aliphatic carboxylic acids is 1. The number of hydrogen-bond acceptors (Lipinski definition) is 3. The molecule has 1 heterocycles. The molecule has 0 amide bonds. The van der Waals surface area contributed by atoms with Crippen molar-refractivity contribution < 1.29 is 9.90 Å². The zero-order valence-corrected chi connectivity index (χ0v) is 21.8. The number of hydrogen-bond donors (Lipinski definition) is 2. The third kappa shape index (κ3) is 6.54. The molecule has 2 N–H and O–H groups in total. The van der Waals surface area contributed by atoms with Gasteiger partial charge >= 0.3 is 5.97 Å².